The Labute approximate surface area is 83.5 Å². The highest BCUT2D eigenvalue weighted by Gasteiger charge is 2.49. The van der Waals surface area contributed by atoms with Crippen LogP contribution in [0.25, 0.3) is 0 Å². The van der Waals surface area contributed by atoms with E-state index in [1.54, 1.807) is 13.8 Å². The molecule has 0 amide bonds. The summed E-state index contributed by atoms with van der Waals surface area (Å²) in [7, 11) is 0.00388. The maximum atomic E-state index is 11.4. The van der Waals surface area contributed by atoms with Crippen LogP contribution in [0, 0.1) is 0 Å². The molecular weight excluding hydrogens is 203 g/mol. The van der Waals surface area contributed by atoms with Gasteiger partial charge in [-0.05, 0) is 25.5 Å². The van der Waals surface area contributed by atoms with E-state index in [1.807, 2.05) is 0 Å². The van der Waals surface area contributed by atoms with Gasteiger partial charge in [-0.1, -0.05) is 0 Å². The number of hydrogen-bond acceptors (Lipinski definition) is 4. The molecule has 2 aliphatic rings. The van der Waals surface area contributed by atoms with E-state index < -0.39 is 11.9 Å². The van der Waals surface area contributed by atoms with Crippen LogP contribution < -0.4 is 0 Å². The largest absolute Gasteiger partial charge is 0.340 e. The number of ketones is 1. The van der Waals surface area contributed by atoms with Crippen molar-refractivity contribution in [3.05, 3.63) is 11.6 Å². The molecule has 0 N–H and O–H groups in total. The third-order valence-electron chi connectivity index (χ3n) is 2.32. The Hall–Kier alpha value is -0.570. The van der Waals surface area contributed by atoms with Gasteiger partial charge in [0.05, 0.1) is 6.16 Å². The summed E-state index contributed by atoms with van der Waals surface area (Å²) in [6, 6.07) is 0. The number of ether oxygens (including phenoxy) is 2. The van der Waals surface area contributed by atoms with Gasteiger partial charge in [-0.25, -0.2) is 0 Å². The van der Waals surface area contributed by atoms with E-state index in [0.29, 0.717) is 6.16 Å². The molecule has 1 aliphatic carbocycles. The van der Waals surface area contributed by atoms with Crippen LogP contribution in [0.5, 0.6) is 0 Å². The lowest BCUT2D eigenvalue weighted by Gasteiger charge is -2.17. The summed E-state index contributed by atoms with van der Waals surface area (Å²) < 4.78 is 21.5. The molecule has 0 unspecified atom stereocenters. The molecule has 4 nitrogen and oxygen atoms in total. The molecule has 2 rings (SSSR count). The lowest BCUT2D eigenvalue weighted by atomic mass is 10.2. The minimum atomic E-state index is -0.718. The van der Waals surface area contributed by atoms with Gasteiger partial charge in [-0.15, -0.1) is 0 Å². The predicted octanol–water partition coefficient (Wildman–Crippen LogP) is 1.31. The average molecular weight is 214 g/mol. The van der Waals surface area contributed by atoms with Crippen LogP contribution in [0.2, 0.25) is 0 Å². The molecular formula is C9H11O4P. The first kappa shape index (κ1) is 9.97. The summed E-state index contributed by atoms with van der Waals surface area (Å²) in [5.41, 5.74) is 0.766. The van der Waals surface area contributed by atoms with Gasteiger partial charge in [0.1, 0.15) is 6.10 Å². The van der Waals surface area contributed by atoms with E-state index in [2.05, 4.69) is 0 Å². The van der Waals surface area contributed by atoms with E-state index >= 15 is 0 Å². The van der Waals surface area contributed by atoms with Crippen LogP contribution in [0.15, 0.2) is 11.6 Å². The third-order valence-corrected chi connectivity index (χ3v) is 2.81. The fourth-order valence-corrected chi connectivity index (χ4v) is 2.22. The Bertz CT molecular complexity index is 321. The van der Waals surface area contributed by atoms with Gasteiger partial charge >= 0.3 is 0 Å². The zero-order valence-electron chi connectivity index (χ0n) is 8.02. The second-order valence-corrected chi connectivity index (χ2v) is 4.46. The number of hydrogen-bond donors (Lipinski definition) is 0. The highest BCUT2D eigenvalue weighted by atomic mass is 31.1. The van der Waals surface area contributed by atoms with Gasteiger partial charge in [0.2, 0.25) is 0 Å². The first-order chi connectivity index (χ1) is 6.53. The normalized spacial score (nSPS) is 34.7. The number of fused-ring (bicyclic) bond motifs is 1. The predicted molar refractivity (Wildman–Crippen MR) is 49.4 cm³/mol. The molecule has 5 heteroatoms. The number of carbonyl (C=O) groups excluding carboxylic acids is 1. The summed E-state index contributed by atoms with van der Waals surface area (Å²) in [6.45, 7) is 3.54. The van der Waals surface area contributed by atoms with E-state index in [0.717, 1.165) is 5.57 Å². The molecule has 0 spiro atoms. The van der Waals surface area contributed by atoms with Crippen molar-refractivity contribution in [3.63, 3.8) is 0 Å². The second kappa shape index (κ2) is 3.23. The van der Waals surface area contributed by atoms with Crippen molar-refractivity contribution in [1.82, 2.24) is 0 Å². The van der Waals surface area contributed by atoms with E-state index in [1.165, 1.54) is 6.08 Å². The standard InChI is InChI=1S/C9H11O4P/c1-9(2)12-7-5(4-14-11)3-6(10)8(7)13-9/h3,7-8H,4H2,1-2H3/t7-,8+/m1/s1. The average Bonchev–Trinajstić information content (AvgIpc) is 2.51. The molecule has 2 atom stereocenters. The first-order valence-electron chi connectivity index (χ1n) is 4.42. The van der Waals surface area contributed by atoms with Gasteiger partial charge < -0.3 is 9.47 Å². The van der Waals surface area contributed by atoms with Crippen LogP contribution in [0.1, 0.15) is 13.8 Å². The lowest BCUT2D eigenvalue weighted by Crippen LogP contribution is -2.25. The van der Waals surface area contributed by atoms with Crippen molar-refractivity contribution in [2.24, 2.45) is 0 Å². The fourth-order valence-electron chi connectivity index (χ4n) is 1.80. The van der Waals surface area contributed by atoms with E-state index in [4.69, 9.17) is 9.47 Å². The number of carbonyl (C=O) groups is 1. The third kappa shape index (κ3) is 1.54. The summed E-state index contributed by atoms with van der Waals surface area (Å²) in [5, 5.41) is 0. The molecule has 14 heavy (non-hydrogen) atoms. The Morgan fingerprint density at radius 3 is 2.71 bits per heavy atom. The summed E-state index contributed by atoms with van der Waals surface area (Å²) >= 11 is 0. The van der Waals surface area contributed by atoms with E-state index in [-0.39, 0.29) is 20.3 Å². The van der Waals surface area contributed by atoms with E-state index in [9.17, 15) is 9.36 Å². The Balaban J connectivity index is 2.21. The first-order valence-corrected chi connectivity index (χ1v) is 5.42. The monoisotopic (exact) mass is 214 g/mol. The molecule has 76 valence electrons. The summed E-state index contributed by atoms with van der Waals surface area (Å²) in [6.07, 6.45) is 0.961. The minimum absolute atomic E-state index is 0.00388. The fraction of sp³-hybridized carbons (Fsp3) is 0.667. The molecule has 0 saturated carbocycles. The summed E-state index contributed by atoms with van der Waals surface area (Å²) in [4.78, 5) is 11.4. The van der Waals surface area contributed by atoms with Crippen LogP contribution in [-0.4, -0.2) is 29.9 Å². The second-order valence-electron chi connectivity index (χ2n) is 3.89. The van der Waals surface area contributed by atoms with Gasteiger partial charge in [0.25, 0.3) is 0 Å². The SMILES string of the molecule is CC1(C)O[C@@H]2C(CP=O)=CC(=O)[C@@H]2O1. The molecule has 1 saturated heterocycles. The molecule has 1 aliphatic heterocycles. The van der Waals surface area contributed by atoms with Crippen molar-refractivity contribution in [3.8, 4) is 0 Å². The highest BCUT2D eigenvalue weighted by Crippen LogP contribution is 2.37. The van der Waals surface area contributed by atoms with Crippen LogP contribution >= 0.6 is 8.46 Å². The molecule has 0 aromatic carbocycles. The van der Waals surface area contributed by atoms with Crippen LogP contribution in [-0.2, 0) is 18.8 Å². The maximum absolute atomic E-state index is 11.4. The Morgan fingerprint density at radius 2 is 2.07 bits per heavy atom. The van der Waals surface area contributed by atoms with Crippen molar-refractivity contribution >= 4 is 14.2 Å². The van der Waals surface area contributed by atoms with Gasteiger partial charge in [-0.2, -0.15) is 0 Å². The maximum Gasteiger partial charge on any atom is 0.187 e. The van der Waals surface area contributed by atoms with Crippen molar-refractivity contribution in [2.45, 2.75) is 31.8 Å². The smallest absolute Gasteiger partial charge is 0.187 e. The molecule has 1 fully saturated rings. The van der Waals surface area contributed by atoms with Gasteiger partial charge in [-0.3, -0.25) is 9.36 Å². The molecule has 0 aromatic heterocycles. The number of rotatable bonds is 2. The highest BCUT2D eigenvalue weighted by molar-refractivity contribution is 7.24. The van der Waals surface area contributed by atoms with Crippen molar-refractivity contribution in [2.75, 3.05) is 6.16 Å². The van der Waals surface area contributed by atoms with Crippen LogP contribution in [0.4, 0.5) is 0 Å². The minimum Gasteiger partial charge on any atom is -0.340 e. The van der Waals surface area contributed by atoms with Gasteiger partial charge in [0.15, 0.2) is 26.1 Å². The quantitative estimate of drug-likeness (QED) is 0.650. The van der Waals surface area contributed by atoms with Crippen LogP contribution in [0.3, 0.4) is 0 Å². The molecule has 0 radical (unpaired) electrons. The zero-order chi connectivity index (χ0) is 10.3. The lowest BCUT2D eigenvalue weighted by molar-refractivity contribution is -0.152. The van der Waals surface area contributed by atoms with Crippen molar-refractivity contribution < 1.29 is 18.8 Å². The topological polar surface area (TPSA) is 52.6 Å². The Kier molecular flexibility index (Phi) is 2.30. The summed E-state index contributed by atoms with van der Waals surface area (Å²) in [5.74, 6) is -0.802. The molecule has 0 bridgehead atoms. The Morgan fingerprint density at radius 1 is 1.43 bits per heavy atom. The van der Waals surface area contributed by atoms with Gasteiger partial charge in [0, 0.05) is 0 Å². The van der Waals surface area contributed by atoms with Crippen molar-refractivity contribution in [1.29, 1.82) is 0 Å². The molecule has 0 aromatic rings. The zero-order valence-corrected chi connectivity index (χ0v) is 8.91. The molecule has 1 heterocycles.